The first-order valence-electron chi connectivity index (χ1n) is 6.59. The van der Waals surface area contributed by atoms with Crippen molar-refractivity contribution < 1.29 is 18.7 Å². The highest BCUT2D eigenvalue weighted by molar-refractivity contribution is 5.95. The van der Waals surface area contributed by atoms with Gasteiger partial charge in [0.2, 0.25) is 0 Å². The highest BCUT2D eigenvalue weighted by atomic mass is 19.1. The first-order valence-corrected chi connectivity index (χ1v) is 6.59. The van der Waals surface area contributed by atoms with Crippen LogP contribution in [0.4, 0.5) is 9.18 Å². The lowest BCUT2D eigenvalue weighted by atomic mass is 10.1. The van der Waals surface area contributed by atoms with Crippen LogP contribution in [-0.2, 0) is 11.3 Å². The summed E-state index contributed by atoms with van der Waals surface area (Å²) < 4.78 is 18.3. The van der Waals surface area contributed by atoms with Gasteiger partial charge in [0.1, 0.15) is 12.4 Å². The van der Waals surface area contributed by atoms with Crippen molar-refractivity contribution in [2.45, 2.75) is 13.5 Å². The number of carbonyl (C=O) groups excluding carboxylic acids is 2. The van der Waals surface area contributed by atoms with E-state index in [4.69, 9.17) is 4.74 Å². The fourth-order valence-corrected chi connectivity index (χ4v) is 1.81. The molecule has 2 N–H and O–H groups in total. The zero-order valence-electron chi connectivity index (χ0n) is 11.9. The van der Waals surface area contributed by atoms with Crippen LogP contribution in [-0.4, -0.2) is 12.0 Å². The molecule has 0 fully saturated rings. The van der Waals surface area contributed by atoms with Crippen LogP contribution in [0.1, 0.15) is 21.5 Å². The Morgan fingerprint density at radius 2 is 1.86 bits per heavy atom. The van der Waals surface area contributed by atoms with E-state index in [-0.39, 0.29) is 12.2 Å². The smallest absolute Gasteiger partial charge is 0.426 e. The number of halogens is 1. The minimum absolute atomic E-state index is 0.0725. The van der Waals surface area contributed by atoms with E-state index in [0.717, 1.165) is 17.2 Å². The van der Waals surface area contributed by atoms with Crippen molar-refractivity contribution in [3.05, 3.63) is 71.0 Å². The molecule has 0 atom stereocenters. The number of hydrogen-bond donors (Lipinski definition) is 2. The second kappa shape index (κ2) is 7.21. The monoisotopic (exact) mass is 302 g/mol. The van der Waals surface area contributed by atoms with Crippen LogP contribution in [0.2, 0.25) is 0 Å². The van der Waals surface area contributed by atoms with E-state index in [9.17, 15) is 14.0 Å². The Balaban J connectivity index is 1.81. The summed E-state index contributed by atoms with van der Waals surface area (Å²) in [4.78, 5) is 23.1. The van der Waals surface area contributed by atoms with Gasteiger partial charge in [-0.3, -0.25) is 10.2 Å². The summed E-state index contributed by atoms with van der Waals surface area (Å²) in [5, 5.41) is 0. The lowest BCUT2D eigenvalue weighted by molar-refractivity contribution is 0.0901. The highest BCUT2D eigenvalue weighted by Crippen LogP contribution is 2.06. The number of hydrogen-bond acceptors (Lipinski definition) is 3. The second-order valence-electron chi connectivity index (χ2n) is 4.62. The van der Waals surface area contributed by atoms with Crippen molar-refractivity contribution in [1.82, 2.24) is 10.9 Å². The summed E-state index contributed by atoms with van der Waals surface area (Å²) in [6.45, 7) is 2.00. The van der Waals surface area contributed by atoms with Gasteiger partial charge in [0.05, 0.1) is 5.56 Å². The Morgan fingerprint density at radius 3 is 2.59 bits per heavy atom. The number of aryl methyl sites for hydroxylation is 1. The minimum atomic E-state index is -0.828. The molecule has 5 nitrogen and oxygen atoms in total. The van der Waals surface area contributed by atoms with E-state index in [1.807, 2.05) is 31.2 Å². The van der Waals surface area contributed by atoms with Gasteiger partial charge in [-0.25, -0.2) is 14.6 Å². The predicted molar refractivity (Wildman–Crippen MR) is 78.4 cm³/mol. The lowest BCUT2D eigenvalue weighted by Gasteiger charge is -2.09. The third-order valence-electron chi connectivity index (χ3n) is 2.85. The van der Waals surface area contributed by atoms with Crippen LogP contribution in [0.25, 0.3) is 0 Å². The van der Waals surface area contributed by atoms with Gasteiger partial charge < -0.3 is 4.74 Å². The molecule has 0 heterocycles. The quantitative estimate of drug-likeness (QED) is 0.857. The Labute approximate surface area is 127 Å². The summed E-state index contributed by atoms with van der Waals surface area (Å²) in [5.74, 6) is -1.43. The second-order valence-corrected chi connectivity index (χ2v) is 4.62. The Morgan fingerprint density at radius 1 is 1.09 bits per heavy atom. The Hall–Kier alpha value is -2.89. The van der Waals surface area contributed by atoms with Crippen LogP contribution >= 0.6 is 0 Å². The third-order valence-corrected chi connectivity index (χ3v) is 2.85. The van der Waals surface area contributed by atoms with E-state index in [2.05, 4.69) is 10.9 Å². The number of ether oxygens (including phenoxy) is 1. The molecule has 0 aliphatic heterocycles. The highest BCUT2D eigenvalue weighted by Gasteiger charge is 2.11. The topological polar surface area (TPSA) is 67.4 Å². The molecular weight excluding hydrogens is 287 g/mol. The van der Waals surface area contributed by atoms with Crippen molar-refractivity contribution in [2.24, 2.45) is 0 Å². The maximum absolute atomic E-state index is 13.4. The zero-order chi connectivity index (χ0) is 15.9. The first kappa shape index (κ1) is 15.5. The van der Waals surface area contributed by atoms with Crippen molar-refractivity contribution in [2.75, 3.05) is 0 Å². The average Bonchev–Trinajstić information content (AvgIpc) is 2.51. The number of rotatable bonds is 3. The average molecular weight is 302 g/mol. The van der Waals surface area contributed by atoms with Crippen molar-refractivity contribution in [1.29, 1.82) is 0 Å². The molecule has 114 valence electrons. The molecule has 2 rings (SSSR count). The molecule has 2 amide bonds. The third kappa shape index (κ3) is 4.31. The fourth-order valence-electron chi connectivity index (χ4n) is 1.81. The minimum Gasteiger partial charge on any atom is -0.443 e. The molecule has 6 heteroatoms. The van der Waals surface area contributed by atoms with Gasteiger partial charge in [-0.2, -0.15) is 0 Å². The van der Waals surface area contributed by atoms with Crippen LogP contribution in [0, 0.1) is 12.7 Å². The van der Waals surface area contributed by atoms with Gasteiger partial charge in [-0.15, -0.1) is 0 Å². The van der Waals surface area contributed by atoms with Gasteiger partial charge in [0, 0.05) is 0 Å². The summed E-state index contributed by atoms with van der Waals surface area (Å²) in [7, 11) is 0. The zero-order valence-corrected chi connectivity index (χ0v) is 11.9. The van der Waals surface area contributed by atoms with Crippen molar-refractivity contribution in [3.8, 4) is 0 Å². The van der Waals surface area contributed by atoms with Gasteiger partial charge in [-0.05, 0) is 24.6 Å². The standard InChI is InChI=1S/C16H15FN2O3/c1-11-5-4-6-12(9-11)10-22-16(21)19-18-15(20)13-7-2-3-8-14(13)17/h2-9H,10H2,1H3,(H,18,20)(H,19,21). The molecule has 0 saturated heterocycles. The SMILES string of the molecule is Cc1cccc(COC(=O)NNC(=O)c2ccccc2F)c1. The molecule has 0 spiro atoms. The summed E-state index contributed by atoms with van der Waals surface area (Å²) >= 11 is 0. The largest absolute Gasteiger partial charge is 0.443 e. The summed E-state index contributed by atoms with van der Waals surface area (Å²) in [6, 6.07) is 12.9. The van der Waals surface area contributed by atoms with Crippen molar-refractivity contribution >= 4 is 12.0 Å². The number of carbonyl (C=O) groups is 2. The maximum Gasteiger partial charge on any atom is 0.426 e. The van der Waals surface area contributed by atoms with Crippen LogP contribution in [0.15, 0.2) is 48.5 Å². The van der Waals surface area contributed by atoms with E-state index in [1.54, 1.807) is 0 Å². The number of benzene rings is 2. The first-order chi connectivity index (χ1) is 10.6. The molecular formula is C16H15FN2O3. The molecule has 0 aliphatic rings. The molecule has 0 radical (unpaired) electrons. The Kier molecular flexibility index (Phi) is 5.08. The van der Waals surface area contributed by atoms with Gasteiger partial charge in [0.15, 0.2) is 0 Å². The molecule has 2 aromatic carbocycles. The van der Waals surface area contributed by atoms with Gasteiger partial charge >= 0.3 is 6.09 Å². The van der Waals surface area contributed by atoms with E-state index in [1.165, 1.54) is 18.2 Å². The molecule has 0 aromatic heterocycles. The van der Waals surface area contributed by atoms with E-state index in [0.29, 0.717) is 0 Å². The summed E-state index contributed by atoms with van der Waals surface area (Å²) in [5.41, 5.74) is 5.86. The Bertz CT molecular complexity index is 689. The van der Waals surface area contributed by atoms with Crippen LogP contribution < -0.4 is 10.9 Å². The summed E-state index contributed by atoms with van der Waals surface area (Å²) in [6.07, 6.45) is -0.828. The lowest BCUT2D eigenvalue weighted by Crippen LogP contribution is -2.42. The molecule has 0 aliphatic carbocycles. The molecule has 0 unspecified atom stereocenters. The molecule has 22 heavy (non-hydrogen) atoms. The number of nitrogens with one attached hydrogen (secondary N) is 2. The molecule has 0 bridgehead atoms. The number of hydrazine groups is 1. The molecule has 0 saturated carbocycles. The van der Waals surface area contributed by atoms with Crippen LogP contribution in [0.3, 0.4) is 0 Å². The molecule has 2 aromatic rings. The normalized spacial score (nSPS) is 9.91. The number of amides is 2. The van der Waals surface area contributed by atoms with Gasteiger partial charge in [0.25, 0.3) is 5.91 Å². The van der Waals surface area contributed by atoms with Gasteiger partial charge in [-0.1, -0.05) is 42.0 Å². The van der Waals surface area contributed by atoms with E-state index < -0.39 is 17.8 Å². The van der Waals surface area contributed by atoms with Crippen LogP contribution in [0.5, 0.6) is 0 Å². The van der Waals surface area contributed by atoms with Crippen molar-refractivity contribution in [3.63, 3.8) is 0 Å². The predicted octanol–water partition coefficient (Wildman–Crippen LogP) is 2.71. The maximum atomic E-state index is 13.4. The fraction of sp³-hybridized carbons (Fsp3) is 0.125. The van der Waals surface area contributed by atoms with E-state index >= 15 is 0 Å².